The maximum absolute atomic E-state index is 12.1. The van der Waals surface area contributed by atoms with Gasteiger partial charge in [-0.1, -0.05) is 18.2 Å². The van der Waals surface area contributed by atoms with E-state index in [-0.39, 0.29) is 30.9 Å². The first-order valence-corrected chi connectivity index (χ1v) is 8.90. The average molecular weight is 368 g/mol. The second kappa shape index (κ2) is 10.2. The first kappa shape index (κ1) is 20.3. The molecule has 7 nitrogen and oxygen atoms in total. The molecule has 0 aliphatic carbocycles. The van der Waals surface area contributed by atoms with Gasteiger partial charge in [-0.25, -0.2) is 0 Å². The molecule has 0 bridgehead atoms. The van der Waals surface area contributed by atoms with Crippen molar-refractivity contribution in [2.24, 2.45) is 10.2 Å². The number of nitrogens with one attached hydrogen (secondary N) is 3. The monoisotopic (exact) mass is 368 g/mol. The Morgan fingerprint density at radius 2 is 1.44 bits per heavy atom. The molecule has 0 fully saturated rings. The van der Waals surface area contributed by atoms with E-state index in [1.54, 1.807) is 24.3 Å². The van der Waals surface area contributed by atoms with Crippen LogP contribution in [-0.2, 0) is 9.59 Å². The Labute approximate surface area is 159 Å². The minimum atomic E-state index is -0.150. The highest BCUT2D eigenvalue weighted by molar-refractivity contribution is 5.91. The summed E-state index contributed by atoms with van der Waals surface area (Å²) in [4.78, 5) is 24.7. The summed E-state index contributed by atoms with van der Waals surface area (Å²) in [6.07, 6.45) is 0. The predicted molar refractivity (Wildman–Crippen MR) is 106 cm³/mol. The van der Waals surface area contributed by atoms with Crippen LogP contribution in [0.5, 0.6) is 0 Å². The van der Waals surface area contributed by atoms with Crippen molar-refractivity contribution in [3.63, 3.8) is 0 Å². The summed E-state index contributed by atoms with van der Waals surface area (Å²) >= 11 is 0. The third kappa shape index (κ3) is 7.79. The Balaban J connectivity index is 1.82. The van der Waals surface area contributed by atoms with Crippen LogP contribution >= 0.6 is 0 Å². The molecule has 3 N–H and O–H groups in total. The molecule has 7 heteroatoms. The molecule has 1 atom stereocenters. The highest BCUT2D eigenvalue weighted by Crippen LogP contribution is 2.19. The lowest BCUT2D eigenvalue weighted by molar-refractivity contribution is -0.862. The Bertz CT molecular complexity index is 773. The second-order valence-electron chi connectivity index (χ2n) is 6.66. The quantitative estimate of drug-likeness (QED) is 0.623. The molecule has 2 rings (SSSR count). The minimum Gasteiger partial charge on any atom is -0.349 e. The molecule has 0 heterocycles. The predicted octanol–water partition coefficient (Wildman–Crippen LogP) is 2.08. The number of quaternary nitrogens is 1. The number of carbonyl (C=O) groups excluding carboxylic acids is 2. The number of hydrogen-bond acceptors (Lipinski definition) is 4. The van der Waals surface area contributed by atoms with Gasteiger partial charge in [-0.2, -0.15) is 10.2 Å². The van der Waals surface area contributed by atoms with Crippen molar-refractivity contribution in [1.82, 2.24) is 5.32 Å². The number of rotatable bonds is 8. The molecular weight excluding hydrogens is 342 g/mol. The first-order chi connectivity index (χ1) is 12.9. The van der Waals surface area contributed by atoms with E-state index in [4.69, 9.17) is 0 Å². The fourth-order valence-corrected chi connectivity index (χ4v) is 2.41. The van der Waals surface area contributed by atoms with Gasteiger partial charge in [0.2, 0.25) is 0 Å². The van der Waals surface area contributed by atoms with Crippen LogP contribution in [0.25, 0.3) is 0 Å². The van der Waals surface area contributed by atoms with Gasteiger partial charge in [0.15, 0.2) is 13.1 Å². The van der Waals surface area contributed by atoms with E-state index >= 15 is 0 Å². The largest absolute Gasteiger partial charge is 0.349 e. The standard InChI is InChI=1S/C20H25N5O2/c1-15(2)21-19(26)13-25(3)14-20(27)22-16-9-11-18(12-10-16)24-23-17-7-5-4-6-8-17/h4-12,15H,13-14H2,1-3H3,(H,21,26)(H,22,27)/p+1. The molecule has 2 aromatic rings. The van der Waals surface area contributed by atoms with Crippen LogP contribution < -0.4 is 15.5 Å². The molecule has 142 valence electrons. The third-order valence-corrected chi connectivity index (χ3v) is 3.56. The molecule has 27 heavy (non-hydrogen) atoms. The van der Waals surface area contributed by atoms with E-state index in [0.717, 1.165) is 10.6 Å². The molecule has 0 spiro atoms. The van der Waals surface area contributed by atoms with E-state index in [9.17, 15) is 9.59 Å². The van der Waals surface area contributed by atoms with Crippen LogP contribution in [0.15, 0.2) is 64.8 Å². The number of benzene rings is 2. The number of carbonyl (C=O) groups is 2. The molecule has 0 saturated heterocycles. The van der Waals surface area contributed by atoms with Gasteiger partial charge in [0.05, 0.1) is 18.4 Å². The SMILES string of the molecule is CC(C)NC(=O)C[NH+](C)CC(=O)Nc1ccc(N=Nc2ccccc2)cc1. The van der Waals surface area contributed by atoms with E-state index in [1.165, 1.54) is 0 Å². The maximum Gasteiger partial charge on any atom is 0.279 e. The highest BCUT2D eigenvalue weighted by atomic mass is 16.2. The van der Waals surface area contributed by atoms with Crippen LogP contribution in [0.2, 0.25) is 0 Å². The molecule has 1 unspecified atom stereocenters. The maximum atomic E-state index is 12.1. The Kier molecular flexibility index (Phi) is 7.63. The summed E-state index contributed by atoms with van der Waals surface area (Å²) in [6, 6.07) is 16.7. The van der Waals surface area contributed by atoms with Gasteiger partial charge in [-0.15, -0.1) is 0 Å². The van der Waals surface area contributed by atoms with Gasteiger partial charge in [-0.05, 0) is 50.2 Å². The summed E-state index contributed by atoms with van der Waals surface area (Å²) in [5, 5.41) is 14.0. The normalized spacial score (nSPS) is 12.1. The van der Waals surface area contributed by atoms with Crippen LogP contribution in [0.3, 0.4) is 0 Å². The van der Waals surface area contributed by atoms with Crippen molar-refractivity contribution in [1.29, 1.82) is 0 Å². The number of hydrogen-bond donors (Lipinski definition) is 3. The lowest BCUT2D eigenvalue weighted by atomic mass is 10.3. The number of amides is 2. The van der Waals surface area contributed by atoms with Crippen molar-refractivity contribution in [2.75, 3.05) is 25.5 Å². The van der Waals surface area contributed by atoms with Crippen molar-refractivity contribution in [3.8, 4) is 0 Å². The zero-order chi connectivity index (χ0) is 19.6. The van der Waals surface area contributed by atoms with Crippen molar-refractivity contribution in [2.45, 2.75) is 19.9 Å². The van der Waals surface area contributed by atoms with Gasteiger partial charge in [-0.3, -0.25) is 9.59 Å². The van der Waals surface area contributed by atoms with E-state index in [2.05, 4.69) is 20.9 Å². The molecule has 0 radical (unpaired) electrons. The molecule has 2 aromatic carbocycles. The summed E-state index contributed by atoms with van der Waals surface area (Å²) in [7, 11) is 1.81. The zero-order valence-corrected chi connectivity index (χ0v) is 15.9. The van der Waals surface area contributed by atoms with Crippen LogP contribution in [0.4, 0.5) is 17.1 Å². The van der Waals surface area contributed by atoms with Crippen LogP contribution in [-0.4, -0.2) is 38.0 Å². The minimum absolute atomic E-state index is 0.0663. The highest BCUT2D eigenvalue weighted by Gasteiger charge is 2.14. The van der Waals surface area contributed by atoms with E-state index in [0.29, 0.717) is 11.4 Å². The van der Waals surface area contributed by atoms with Gasteiger partial charge in [0, 0.05) is 11.7 Å². The first-order valence-electron chi connectivity index (χ1n) is 8.90. The molecule has 0 aromatic heterocycles. The fraction of sp³-hybridized carbons (Fsp3) is 0.300. The Morgan fingerprint density at radius 1 is 0.889 bits per heavy atom. The molecule has 0 aliphatic rings. The zero-order valence-electron chi connectivity index (χ0n) is 15.9. The van der Waals surface area contributed by atoms with Gasteiger partial charge < -0.3 is 15.5 Å². The van der Waals surface area contributed by atoms with Gasteiger partial charge in [0.25, 0.3) is 11.8 Å². The van der Waals surface area contributed by atoms with Crippen molar-refractivity contribution in [3.05, 3.63) is 54.6 Å². The lowest BCUT2D eigenvalue weighted by Crippen LogP contribution is -3.11. The Hall–Kier alpha value is -3.06. The number of likely N-dealkylation sites (N-methyl/N-ethyl adjacent to an activating group) is 1. The molecular formula is C20H26N5O2+. The number of azo groups is 1. The summed E-state index contributed by atoms with van der Waals surface area (Å²) in [5.41, 5.74) is 2.16. The molecule has 2 amide bonds. The van der Waals surface area contributed by atoms with E-state index < -0.39 is 0 Å². The lowest BCUT2D eigenvalue weighted by Gasteiger charge is -2.15. The van der Waals surface area contributed by atoms with E-state index in [1.807, 2.05) is 51.2 Å². The summed E-state index contributed by atoms with van der Waals surface area (Å²) in [6.45, 7) is 4.28. The molecule has 0 saturated carbocycles. The summed E-state index contributed by atoms with van der Waals surface area (Å²) < 4.78 is 0. The van der Waals surface area contributed by atoms with Crippen molar-refractivity contribution >= 4 is 28.9 Å². The smallest absolute Gasteiger partial charge is 0.279 e. The summed E-state index contributed by atoms with van der Waals surface area (Å²) in [5.74, 6) is -0.216. The topological polar surface area (TPSA) is 87.4 Å². The fourth-order valence-electron chi connectivity index (χ4n) is 2.41. The second-order valence-corrected chi connectivity index (χ2v) is 6.66. The third-order valence-electron chi connectivity index (χ3n) is 3.56. The van der Waals surface area contributed by atoms with Crippen LogP contribution in [0, 0.1) is 0 Å². The van der Waals surface area contributed by atoms with Crippen molar-refractivity contribution < 1.29 is 14.5 Å². The van der Waals surface area contributed by atoms with Gasteiger partial charge in [0.1, 0.15) is 0 Å². The molecule has 0 aliphatic heterocycles. The number of nitrogens with zero attached hydrogens (tertiary/aromatic N) is 2. The average Bonchev–Trinajstić information content (AvgIpc) is 2.61. The Morgan fingerprint density at radius 3 is 2.04 bits per heavy atom. The van der Waals surface area contributed by atoms with Gasteiger partial charge >= 0.3 is 0 Å². The number of anilines is 1. The van der Waals surface area contributed by atoms with Crippen LogP contribution in [0.1, 0.15) is 13.8 Å².